The number of rotatable bonds is 1. The monoisotopic (exact) mass is 207 g/mol. The Hall–Kier alpha value is -1.25. The molecule has 1 aromatic rings. The van der Waals surface area contributed by atoms with E-state index in [1.165, 1.54) is 0 Å². The Balaban J connectivity index is 2.24. The zero-order chi connectivity index (χ0) is 11.0. The molecule has 1 amide bonds. The molecule has 0 radical (unpaired) electrons. The fraction of sp³-hybridized carbons (Fsp3) is 0.583. The average molecular weight is 207 g/mol. The van der Waals surface area contributed by atoms with Gasteiger partial charge in [-0.15, -0.1) is 0 Å². The van der Waals surface area contributed by atoms with Crippen LogP contribution >= 0.6 is 0 Å². The first kappa shape index (κ1) is 10.3. The van der Waals surface area contributed by atoms with Gasteiger partial charge in [0.25, 0.3) is 5.91 Å². The molecule has 15 heavy (non-hydrogen) atoms. The molecule has 0 bridgehead atoms. The smallest absolute Gasteiger partial charge is 0.257 e. The van der Waals surface area contributed by atoms with Crippen molar-refractivity contribution in [3.63, 3.8) is 0 Å². The summed E-state index contributed by atoms with van der Waals surface area (Å²) in [6, 6.07) is 2.20. The van der Waals surface area contributed by atoms with Gasteiger partial charge in [0.05, 0.1) is 5.56 Å². The Labute approximate surface area is 90.1 Å². The average Bonchev–Trinajstić information content (AvgIpc) is 2.71. The highest BCUT2D eigenvalue weighted by Crippen LogP contribution is 2.22. The number of likely N-dealkylation sites (tertiary alicyclic amines) is 1. The van der Waals surface area contributed by atoms with Crippen LogP contribution in [0, 0.1) is 13.8 Å². The second-order valence-corrected chi connectivity index (χ2v) is 4.32. The number of hydrogen-bond acceptors (Lipinski definition) is 2. The maximum Gasteiger partial charge on any atom is 0.257 e. The predicted molar refractivity (Wildman–Crippen MR) is 57.9 cm³/mol. The zero-order valence-electron chi connectivity index (χ0n) is 9.54. The summed E-state index contributed by atoms with van der Waals surface area (Å²) in [5, 5.41) is 0. The second-order valence-electron chi connectivity index (χ2n) is 4.32. The molecule has 0 aromatic carbocycles. The van der Waals surface area contributed by atoms with E-state index in [1.807, 2.05) is 24.8 Å². The Morgan fingerprint density at radius 2 is 2.27 bits per heavy atom. The molecule has 1 saturated heterocycles. The summed E-state index contributed by atoms with van der Waals surface area (Å²) in [7, 11) is 0. The lowest BCUT2D eigenvalue weighted by atomic mass is 10.2. The first-order valence-electron chi connectivity index (χ1n) is 5.47. The van der Waals surface area contributed by atoms with E-state index in [1.54, 1.807) is 0 Å². The van der Waals surface area contributed by atoms with Crippen LogP contribution in [0.5, 0.6) is 0 Å². The molecule has 1 atom stereocenters. The van der Waals surface area contributed by atoms with Gasteiger partial charge in [-0.05, 0) is 39.7 Å². The van der Waals surface area contributed by atoms with Crippen LogP contribution in [-0.4, -0.2) is 23.4 Å². The molecule has 1 fully saturated rings. The van der Waals surface area contributed by atoms with Gasteiger partial charge in [0.2, 0.25) is 0 Å². The van der Waals surface area contributed by atoms with Crippen molar-refractivity contribution in [2.24, 2.45) is 0 Å². The van der Waals surface area contributed by atoms with Crippen LogP contribution in [-0.2, 0) is 0 Å². The highest BCUT2D eigenvalue weighted by molar-refractivity contribution is 5.95. The minimum absolute atomic E-state index is 0.120. The van der Waals surface area contributed by atoms with Crippen molar-refractivity contribution in [3.05, 3.63) is 23.2 Å². The number of carbonyl (C=O) groups is 1. The molecule has 0 N–H and O–H groups in total. The Bertz CT molecular complexity index is 381. The Kier molecular flexibility index (Phi) is 2.55. The van der Waals surface area contributed by atoms with E-state index >= 15 is 0 Å². The first-order valence-corrected chi connectivity index (χ1v) is 5.47. The largest absolute Gasteiger partial charge is 0.466 e. The summed E-state index contributed by atoms with van der Waals surface area (Å²) in [4.78, 5) is 14.1. The maximum absolute atomic E-state index is 12.2. The molecule has 2 heterocycles. The fourth-order valence-corrected chi connectivity index (χ4v) is 2.23. The quantitative estimate of drug-likeness (QED) is 0.709. The van der Waals surface area contributed by atoms with Gasteiger partial charge >= 0.3 is 0 Å². The molecule has 82 valence electrons. The minimum atomic E-state index is 0.120. The van der Waals surface area contributed by atoms with Crippen LogP contribution in [0.4, 0.5) is 0 Å². The summed E-state index contributed by atoms with van der Waals surface area (Å²) in [6.45, 7) is 6.70. The second kappa shape index (κ2) is 3.72. The molecule has 0 saturated carbocycles. The third kappa shape index (κ3) is 1.78. The maximum atomic E-state index is 12.2. The van der Waals surface area contributed by atoms with Gasteiger partial charge in [-0.1, -0.05) is 0 Å². The van der Waals surface area contributed by atoms with E-state index in [-0.39, 0.29) is 5.91 Å². The van der Waals surface area contributed by atoms with Crippen molar-refractivity contribution in [2.45, 2.75) is 39.7 Å². The van der Waals surface area contributed by atoms with Crippen LogP contribution in [0.3, 0.4) is 0 Å². The standard InChI is InChI=1S/C12H17NO2/c1-8-5-4-6-13(8)12(14)11-7-9(2)15-10(11)3/h7-8H,4-6H2,1-3H3. The summed E-state index contributed by atoms with van der Waals surface area (Å²) >= 11 is 0. The van der Waals surface area contributed by atoms with Crippen LogP contribution in [0.25, 0.3) is 0 Å². The molecule has 1 unspecified atom stereocenters. The lowest BCUT2D eigenvalue weighted by molar-refractivity contribution is 0.0745. The van der Waals surface area contributed by atoms with Crippen LogP contribution in [0.1, 0.15) is 41.6 Å². The van der Waals surface area contributed by atoms with Crippen molar-refractivity contribution >= 4 is 5.91 Å². The Morgan fingerprint density at radius 3 is 2.73 bits per heavy atom. The molecule has 0 aliphatic carbocycles. The molecular weight excluding hydrogens is 190 g/mol. The van der Waals surface area contributed by atoms with Crippen molar-refractivity contribution in [1.82, 2.24) is 4.90 Å². The SMILES string of the molecule is Cc1cc(C(=O)N2CCCC2C)c(C)o1. The van der Waals surface area contributed by atoms with E-state index in [4.69, 9.17) is 4.42 Å². The lowest BCUT2D eigenvalue weighted by Crippen LogP contribution is -2.33. The molecular formula is C12H17NO2. The fourth-order valence-electron chi connectivity index (χ4n) is 2.23. The van der Waals surface area contributed by atoms with Gasteiger partial charge in [0.15, 0.2) is 0 Å². The topological polar surface area (TPSA) is 33.5 Å². The van der Waals surface area contributed by atoms with Gasteiger partial charge in [0.1, 0.15) is 11.5 Å². The number of carbonyl (C=O) groups excluding carboxylic acids is 1. The van der Waals surface area contributed by atoms with Gasteiger partial charge in [0, 0.05) is 12.6 Å². The molecule has 2 rings (SSSR count). The van der Waals surface area contributed by atoms with Crippen molar-refractivity contribution in [2.75, 3.05) is 6.54 Å². The van der Waals surface area contributed by atoms with Crippen molar-refractivity contribution < 1.29 is 9.21 Å². The summed E-state index contributed by atoms with van der Waals surface area (Å²) < 4.78 is 5.38. The van der Waals surface area contributed by atoms with Gasteiger partial charge in [-0.25, -0.2) is 0 Å². The van der Waals surface area contributed by atoms with Crippen molar-refractivity contribution in [1.29, 1.82) is 0 Å². The Morgan fingerprint density at radius 1 is 1.53 bits per heavy atom. The molecule has 1 aliphatic rings. The first-order chi connectivity index (χ1) is 7.09. The van der Waals surface area contributed by atoms with Gasteiger partial charge < -0.3 is 9.32 Å². The van der Waals surface area contributed by atoms with E-state index in [9.17, 15) is 4.79 Å². The summed E-state index contributed by atoms with van der Waals surface area (Å²) in [5.41, 5.74) is 0.723. The molecule has 0 spiro atoms. The number of amides is 1. The zero-order valence-corrected chi connectivity index (χ0v) is 9.54. The van der Waals surface area contributed by atoms with Gasteiger partial charge in [-0.3, -0.25) is 4.79 Å². The van der Waals surface area contributed by atoms with E-state index < -0.39 is 0 Å². The molecule has 3 heteroatoms. The third-order valence-electron chi connectivity index (χ3n) is 3.09. The minimum Gasteiger partial charge on any atom is -0.466 e. The van der Waals surface area contributed by atoms with E-state index in [0.29, 0.717) is 6.04 Å². The number of aryl methyl sites for hydroxylation is 2. The van der Waals surface area contributed by atoms with Crippen LogP contribution in [0.2, 0.25) is 0 Å². The molecule has 1 aliphatic heterocycles. The number of hydrogen-bond donors (Lipinski definition) is 0. The summed E-state index contributed by atoms with van der Waals surface area (Å²) in [6.07, 6.45) is 2.23. The van der Waals surface area contributed by atoms with Crippen LogP contribution in [0.15, 0.2) is 10.5 Å². The molecule has 3 nitrogen and oxygen atoms in total. The molecule has 1 aromatic heterocycles. The van der Waals surface area contributed by atoms with Gasteiger partial charge in [-0.2, -0.15) is 0 Å². The highest BCUT2D eigenvalue weighted by atomic mass is 16.3. The third-order valence-corrected chi connectivity index (χ3v) is 3.09. The lowest BCUT2D eigenvalue weighted by Gasteiger charge is -2.20. The summed E-state index contributed by atoms with van der Waals surface area (Å²) in [5.74, 6) is 1.66. The van der Waals surface area contributed by atoms with E-state index in [2.05, 4.69) is 6.92 Å². The number of furan rings is 1. The predicted octanol–water partition coefficient (Wildman–Crippen LogP) is 2.52. The number of nitrogens with zero attached hydrogens (tertiary/aromatic N) is 1. The van der Waals surface area contributed by atoms with Crippen molar-refractivity contribution in [3.8, 4) is 0 Å². The normalized spacial score (nSPS) is 21.0. The van der Waals surface area contributed by atoms with Crippen LogP contribution < -0.4 is 0 Å². The van der Waals surface area contributed by atoms with E-state index in [0.717, 1.165) is 36.5 Å². The highest BCUT2D eigenvalue weighted by Gasteiger charge is 2.27.